The number of hydrogen-bond acceptors (Lipinski definition) is 4. The van der Waals surface area contributed by atoms with Crippen molar-refractivity contribution in [2.24, 2.45) is 0 Å². The van der Waals surface area contributed by atoms with E-state index < -0.39 is 34.5 Å². The number of nitrogens with zero attached hydrogens (tertiary/aromatic N) is 3. The third kappa shape index (κ3) is 7.39. The number of carbonyl (C=O) groups is 2. The predicted octanol–water partition coefficient (Wildman–Crippen LogP) is 3.42. The number of para-hydroxylation sites is 1. The summed E-state index contributed by atoms with van der Waals surface area (Å²) in [6.07, 6.45) is 0.697. The quantitative estimate of drug-likeness (QED) is 0.486. The second kappa shape index (κ2) is 12.3. The molecule has 0 aromatic heterocycles. The van der Waals surface area contributed by atoms with Crippen LogP contribution in [0.2, 0.25) is 5.02 Å². The summed E-state index contributed by atoms with van der Waals surface area (Å²) in [7, 11) is -1.65. The lowest BCUT2D eigenvalue weighted by atomic mass is 10.1. The van der Waals surface area contributed by atoms with E-state index in [1.54, 1.807) is 31.2 Å². The maximum atomic E-state index is 14.6. The Morgan fingerprint density at radius 1 is 1.09 bits per heavy atom. The minimum absolute atomic E-state index is 0.00160. The lowest BCUT2D eigenvalue weighted by Gasteiger charge is -2.33. The van der Waals surface area contributed by atoms with Crippen molar-refractivity contribution in [1.29, 1.82) is 0 Å². The molecule has 0 saturated heterocycles. The second-order valence-corrected chi connectivity index (χ2v) is 10.9. The molecule has 0 saturated carbocycles. The molecule has 2 aromatic rings. The molecule has 0 aliphatic carbocycles. The fourth-order valence-corrected chi connectivity index (χ4v) is 4.51. The molecule has 1 N–H and O–H groups in total. The summed E-state index contributed by atoms with van der Waals surface area (Å²) >= 11 is 6.10. The molecule has 0 radical (unpaired) electrons. The largest absolute Gasteiger partial charge is 0.352 e. The first-order chi connectivity index (χ1) is 16.4. The number of amides is 2. The molecule has 192 valence electrons. The zero-order valence-corrected chi connectivity index (χ0v) is 22.1. The van der Waals surface area contributed by atoms with Crippen molar-refractivity contribution in [3.63, 3.8) is 0 Å². The van der Waals surface area contributed by atoms with Gasteiger partial charge >= 0.3 is 10.2 Å². The Kier molecular flexibility index (Phi) is 10.1. The molecule has 2 rings (SSSR count). The Morgan fingerprint density at radius 3 is 2.31 bits per heavy atom. The fourth-order valence-electron chi connectivity index (χ4n) is 3.24. The molecule has 0 aliphatic rings. The van der Waals surface area contributed by atoms with E-state index >= 15 is 0 Å². The number of hydrogen-bond donors (Lipinski definition) is 1. The van der Waals surface area contributed by atoms with E-state index in [9.17, 15) is 22.4 Å². The van der Waals surface area contributed by atoms with Crippen LogP contribution in [0.3, 0.4) is 0 Å². The van der Waals surface area contributed by atoms with E-state index in [1.807, 2.05) is 13.8 Å². The molecule has 2 atom stereocenters. The van der Waals surface area contributed by atoms with Crippen molar-refractivity contribution in [3.05, 3.63) is 64.9 Å². The van der Waals surface area contributed by atoms with Crippen LogP contribution in [0.15, 0.2) is 48.5 Å². The first kappa shape index (κ1) is 28.5. The van der Waals surface area contributed by atoms with Crippen molar-refractivity contribution in [3.8, 4) is 0 Å². The minimum atomic E-state index is -4.23. The third-order valence-corrected chi connectivity index (χ3v) is 7.59. The number of nitrogens with one attached hydrogen (secondary N) is 1. The minimum Gasteiger partial charge on any atom is -0.352 e. The molecule has 0 spiro atoms. The SMILES string of the molecule is CC[C@H](C)NC(=O)[C@H](C)N(Cc1cccc(Cl)c1)C(=O)CN(c1ccccc1F)S(=O)(=O)N(C)C. The van der Waals surface area contributed by atoms with Crippen LogP contribution in [0.4, 0.5) is 10.1 Å². The number of benzene rings is 2. The summed E-state index contributed by atoms with van der Waals surface area (Å²) in [5, 5.41) is 3.30. The molecule has 0 fully saturated rings. The van der Waals surface area contributed by atoms with Gasteiger partial charge in [-0.15, -0.1) is 0 Å². The van der Waals surface area contributed by atoms with Gasteiger partial charge in [0.2, 0.25) is 11.8 Å². The predicted molar refractivity (Wildman–Crippen MR) is 136 cm³/mol. The maximum absolute atomic E-state index is 14.6. The van der Waals surface area contributed by atoms with Crippen molar-refractivity contribution >= 4 is 39.3 Å². The van der Waals surface area contributed by atoms with E-state index in [-0.39, 0.29) is 24.2 Å². The Balaban J connectivity index is 2.47. The van der Waals surface area contributed by atoms with E-state index in [4.69, 9.17) is 11.6 Å². The first-order valence-electron chi connectivity index (χ1n) is 11.2. The average Bonchev–Trinajstić information content (AvgIpc) is 2.80. The van der Waals surface area contributed by atoms with Crippen molar-refractivity contribution in [2.45, 2.75) is 45.8 Å². The zero-order valence-electron chi connectivity index (χ0n) is 20.5. The summed E-state index contributed by atoms with van der Waals surface area (Å²) in [6, 6.07) is 11.1. The lowest BCUT2D eigenvalue weighted by molar-refractivity contribution is -0.139. The van der Waals surface area contributed by atoms with Gasteiger partial charge in [-0.3, -0.25) is 9.59 Å². The normalized spacial score (nSPS) is 13.3. The van der Waals surface area contributed by atoms with E-state index in [0.717, 1.165) is 10.4 Å². The topological polar surface area (TPSA) is 90.0 Å². The monoisotopic (exact) mass is 526 g/mol. The summed E-state index contributed by atoms with van der Waals surface area (Å²) < 4.78 is 42.3. The van der Waals surface area contributed by atoms with Crippen LogP contribution < -0.4 is 9.62 Å². The Hall–Kier alpha value is -2.69. The first-order valence-corrected chi connectivity index (χ1v) is 12.9. The van der Waals surface area contributed by atoms with Crippen LogP contribution in [0.5, 0.6) is 0 Å². The van der Waals surface area contributed by atoms with E-state index in [1.165, 1.54) is 37.2 Å². The van der Waals surface area contributed by atoms with Gasteiger partial charge in [-0.1, -0.05) is 42.8 Å². The average molecular weight is 527 g/mol. The molecule has 0 unspecified atom stereocenters. The number of halogens is 2. The van der Waals surface area contributed by atoms with Crippen molar-refractivity contribution in [1.82, 2.24) is 14.5 Å². The summed E-state index contributed by atoms with van der Waals surface area (Å²) in [5.41, 5.74) is 0.385. The van der Waals surface area contributed by atoms with Gasteiger partial charge in [0.1, 0.15) is 18.4 Å². The summed E-state index contributed by atoms with van der Waals surface area (Å²) in [5.74, 6) is -1.86. The summed E-state index contributed by atoms with van der Waals surface area (Å²) in [4.78, 5) is 27.7. The zero-order chi connectivity index (χ0) is 26.3. The van der Waals surface area contributed by atoms with Gasteiger partial charge in [0.25, 0.3) is 0 Å². The maximum Gasteiger partial charge on any atom is 0.304 e. The molecule has 0 bridgehead atoms. The molecule has 0 aliphatic heterocycles. The highest BCUT2D eigenvalue weighted by molar-refractivity contribution is 7.90. The Labute approximate surface area is 211 Å². The Bertz CT molecular complexity index is 1150. The van der Waals surface area contributed by atoms with Gasteiger partial charge in [-0.05, 0) is 50.1 Å². The van der Waals surface area contributed by atoms with Gasteiger partial charge < -0.3 is 10.2 Å². The Morgan fingerprint density at radius 2 is 1.74 bits per heavy atom. The molecule has 11 heteroatoms. The molecule has 35 heavy (non-hydrogen) atoms. The van der Waals surface area contributed by atoms with Gasteiger partial charge in [0, 0.05) is 31.7 Å². The summed E-state index contributed by atoms with van der Waals surface area (Å²) in [6.45, 7) is 4.62. The molecule has 2 amide bonds. The number of anilines is 1. The van der Waals surface area contributed by atoms with Crippen LogP contribution in [0.25, 0.3) is 0 Å². The van der Waals surface area contributed by atoms with E-state index in [2.05, 4.69) is 5.32 Å². The molecular formula is C24H32ClFN4O4S. The van der Waals surface area contributed by atoms with Crippen LogP contribution in [0, 0.1) is 5.82 Å². The van der Waals surface area contributed by atoms with Crippen molar-refractivity contribution in [2.75, 3.05) is 24.9 Å². The van der Waals surface area contributed by atoms with Gasteiger partial charge in [0.15, 0.2) is 0 Å². The van der Waals surface area contributed by atoms with Gasteiger partial charge in [-0.2, -0.15) is 12.7 Å². The van der Waals surface area contributed by atoms with Crippen molar-refractivity contribution < 1.29 is 22.4 Å². The van der Waals surface area contributed by atoms with Crippen LogP contribution in [-0.4, -0.2) is 62.2 Å². The lowest BCUT2D eigenvalue weighted by Crippen LogP contribution is -2.53. The molecular weight excluding hydrogens is 495 g/mol. The molecule has 8 nitrogen and oxygen atoms in total. The third-order valence-electron chi connectivity index (χ3n) is 5.55. The highest BCUT2D eigenvalue weighted by Crippen LogP contribution is 2.24. The fraction of sp³-hybridized carbons (Fsp3) is 0.417. The molecule has 2 aromatic carbocycles. The van der Waals surface area contributed by atoms with Crippen LogP contribution in [0.1, 0.15) is 32.8 Å². The van der Waals surface area contributed by atoms with Gasteiger partial charge in [0.05, 0.1) is 5.69 Å². The second-order valence-electron chi connectivity index (χ2n) is 8.39. The highest BCUT2D eigenvalue weighted by Gasteiger charge is 2.33. The number of rotatable bonds is 11. The van der Waals surface area contributed by atoms with Gasteiger partial charge in [-0.25, -0.2) is 8.70 Å². The van der Waals surface area contributed by atoms with Crippen LogP contribution in [-0.2, 0) is 26.3 Å². The van der Waals surface area contributed by atoms with E-state index in [0.29, 0.717) is 21.3 Å². The van der Waals surface area contributed by atoms with Crippen LogP contribution >= 0.6 is 11.6 Å². The highest BCUT2D eigenvalue weighted by atomic mass is 35.5. The smallest absolute Gasteiger partial charge is 0.304 e. The molecule has 0 heterocycles. The number of carbonyl (C=O) groups excluding carboxylic acids is 2. The standard InChI is InChI=1S/C24H32ClFN4O4S/c1-6-17(2)27-24(32)18(3)29(15-19-10-9-11-20(25)14-19)23(31)16-30(35(33,34)28(4)5)22-13-8-7-12-21(22)26/h7-14,17-18H,6,15-16H2,1-5H3,(H,27,32)/t17-,18-/m0/s1.